The Labute approximate surface area is 86.7 Å². The van der Waals surface area contributed by atoms with Crippen molar-refractivity contribution in [2.24, 2.45) is 17.6 Å². The van der Waals surface area contributed by atoms with Crippen LogP contribution >= 0.6 is 0 Å². The lowest BCUT2D eigenvalue weighted by molar-refractivity contribution is -0.148. The second-order valence-corrected chi connectivity index (χ2v) is 6.21. The molecule has 0 aliphatic carbocycles. The Hall–Kier alpha value is -0.300. The molecular weight excluding hydrogens is 231 g/mol. The second-order valence-electron chi connectivity index (χ2n) is 3.98. The molecule has 2 atom stereocenters. The second kappa shape index (κ2) is 4.29. The molecule has 0 spiro atoms. The molecular formula is C8H14F3NO2S. The van der Waals surface area contributed by atoms with E-state index in [1.807, 2.05) is 0 Å². The van der Waals surface area contributed by atoms with Crippen LogP contribution in [0.4, 0.5) is 13.2 Å². The normalized spacial score (nSPS) is 31.5. The average molecular weight is 245 g/mol. The molecule has 0 radical (unpaired) electrons. The van der Waals surface area contributed by atoms with Gasteiger partial charge in [0.05, 0.1) is 11.5 Å². The lowest BCUT2D eigenvalue weighted by Crippen LogP contribution is -2.39. The molecule has 7 heteroatoms. The van der Waals surface area contributed by atoms with Crippen LogP contribution in [0.15, 0.2) is 0 Å². The highest BCUT2D eigenvalue weighted by molar-refractivity contribution is 7.91. The molecule has 2 unspecified atom stereocenters. The van der Waals surface area contributed by atoms with Gasteiger partial charge in [-0.3, -0.25) is 0 Å². The fourth-order valence-corrected chi connectivity index (χ4v) is 3.83. The highest BCUT2D eigenvalue weighted by atomic mass is 32.2. The van der Waals surface area contributed by atoms with Gasteiger partial charge in [-0.05, 0) is 24.8 Å². The highest BCUT2D eigenvalue weighted by Crippen LogP contribution is 2.34. The summed E-state index contributed by atoms with van der Waals surface area (Å²) in [6.45, 7) is -0.0000231. The number of alkyl halides is 3. The summed E-state index contributed by atoms with van der Waals surface area (Å²) in [5.74, 6) is -1.54. The summed E-state index contributed by atoms with van der Waals surface area (Å²) < 4.78 is 58.8. The Balaban J connectivity index is 2.67. The number of sulfone groups is 1. The largest absolute Gasteiger partial charge is 0.389 e. The maximum Gasteiger partial charge on any atom is 0.389 e. The van der Waals surface area contributed by atoms with Crippen molar-refractivity contribution in [1.29, 1.82) is 0 Å². The summed E-state index contributed by atoms with van der Waals surface area (Å²) in [5, 5.41) is 0. The number of rotatable bonds is 2. The number of halogens is 3. The van der Waals surface area contributed by atoms with Crippen molar-refractivity contribution >= 4 is 9.84 Å². The predicted molar refractivity (Wildman–Crippen MR) is 50.0 cm³/mol. The molecule has 1 heterocycles. The van der Waals surface area contributed by atoms with E-state index in [1.54, 1.807) is 0 Å². The molecule has 90 valence electrons. The lowest BCUT2D eigenvalue weighted by atomic mass is 9.88. The van der Waals surface area contributed by atoms with Gasteiger partial charge in [0, 0.05) is 6.42 Å². The van der Waals surface area contributed by atoms with Gasteiger partial charge in [-0.15, -0.1) is 0 Å². The molecule has 1 saturated heterocycles. The fraction of sp³-hybridized carbons (Fsp3) is 1.00. The Kier molecular flexibility index (Phi) is 3.65. The van der Waals surface area contributed by atoms with Gasteiger partial charge >= 0.3 is 6.18 Å². The summed E-state index contributed by atoms with van der Waals surface area (Å²) in [6.07, 6.45) is -5.09. The average Bonchev–Trinajstić information content (AvgIpc) is 2.05. The molecule has 0 amide bonds. The zero-order valence-electron chi connectivity index (χ0n) is 8.13. The standard InChI is InChI=1S/C8H14F3NO2S/c9-8(10,11)3-6-1-2-15(13,14)5-7(6)4-12/h6-7H,1-5,12H2. The van der Waals surface area contributed by atoms with Gasteiger partial charge in [0.25, 0.3) is 0 Å². The number of hydrogen-bond acceptors (Lipinski definition) is 3. The lowest BCUT2D eigenvalue weighted by Gasteiger charge is -2.30. The third kappa shape index (κ3) is 3.98. The molecule has 2 N–H and O–H groups in total. The van der Waals surface area contributed by atoms with Crippen LogP contribution < -0.4 is 5.73 Å². The first-order valence-electron chi connectivity index (χ1n) is 4.71. The minimum Gasteiger partial charge on any atom is -0.330 e. The van der Waals surface area contributed by atoms with Crippen LogP contribution in [0.3, 0.4) is 0 Å². The molecule has 1 aliphatic rings. The van der Waals surface area contributed by atoms with E-state index in [0.29, 0.717) is 0 Å². The Morgan fingerprint density at radius 2 is 1.87 bits per heavy atom. The SMILES string of the molecule is NCC1CS(=O)(=O)CCC1CC(F)(F)F. The highest BCUT2D eigenvalue weighted by Gasteiger charge is 2.39. The maximum atomic E-state index is 12.2. The summed E-state index contributed by atoms with van der Waals surface area (Å²) in [6, 6.07) is 0. The molecule has 1 rings (SSSR count). The zero-order valence-corrected chi connectivity index (χ0v) is 8.94. The van der Waals surface area contributed by atoms with Crippen LogP contribution in [0, 0.1) is 11.8 Å². The van der Waals surface area contributed by atoms with E-state index in [4.69, 9.17) is 5.73 Å². The molecule has 15 heavy (non-hydrogen) atoms. The predicted octanol–water partition coefficient (Wildman–Crippen LogP) is 0.948. The van der Waals surface area contributed by atoms with Crippen LogP contribution in [0.1, 0.15) is 12.8 Å². The van der Waals surface area contributed by atoms with Gasteiger partial charge in [0.2, 0.25) is 0 Å². The van der Waals surface area contributed by atoms with Crippen molar-refractivity contribution in [3.05, 3.63) is 0 Å². The molecule has 0 aromatic heterocycles. The van der Waals surface area contributed by atoms with Crippen molar-refractivity contribution in [2.45, 2.75) is 19.0 Å². The summed E-state index contributed by atoms with van der Waals surface area (Å²) in [7, 11) is -3.18. The van der Waals surface area contributed by atoms with Crippen LogP contribution in [0.5, 0.6) is 0 Å². The van der Waals surface area contributed by atoms with E-state index in [9.17, 15) is 21.6 Å². The van der Waals surface area contributed by atoms with E-state index in [2.05, 4.69) is 0 Å². The van der Waals surface area contributed by atoms with Gasteiger partial charge in [-0.25, -0.2) is 8.42 Å². The molecule has 0 aromatic carbocycles. The molecule has 0 aromatic rings. The third-order valence-corrected chi connectivity index (χ3v) is 4.52. The monoisotopic (exact) mass is 245 g/mol. The molecule has 1 fully saturated rings. The molecule has 1 aliphatic heterocycles. The van der Waals surface area contributed by atoms with Crippen molar-refractivity contribution in [3.8, 4) is 0 Å². The fourth-order valence-electron chi connectivity index (χ4n) is 1.94. The number of hydrogen-bond donors (Lipinski definition) is 1. The summed E-state index contributed by atoms with van der Waals surface area (Å²) in [4.78, 5) is 0. The van der Waals surface area contributed by atoms with Gasteiger partial charge in [0.1, 0.15) is 0 Å². The van der Waals surface area contributed by atoms with E-state index in [0.717, 1.165) is 0 Å². The molecule has 0 bridgehead atoms. The Bertz CT molecular complexity index is 312. The van der Waals surface area contributed by atoms with E-state index < -0.39 is 34.3 Å². The van der Waals surface area contributed by atoms with Gasteiger partial charge in [-0.2, -0.15) is 13.2 Å². The van der Waals surface area contributed by atoms with Crippen LogP contribution in [-0.4, -0.2) is 32.6 Å². The van der Waals surface area contributed by atoms with Gasteiger partial charge in [-0.1, -0.05) is 0 Å². The quantitative estimate of drug-likeness (QED) is 0.788. The Morgan fingerprint density at radius 3 is 2.33 bits per heavy atom. The van der Waals surface area contributed by atoms with Crippen LogP contribution in [-0.2, 0) is 9.84 Å². The smallest absolute Gasteiger partial charge is 0.330 e. The van der Waals surface area contributed by atoms with E-state index in [1.165, 1.54) is 0 Å². The zero-order chi connectivity index (χ0) is 11.7. The topological polar surface area (TPSA) is 60.2 Å². The first-order valence-corrected chi connectivity index (χ1v) is 6.53. The first kappa shape index (κ1) is 12.8. The van der Waals surface area contributed by atoms with Crippen LogP contribution in [0.25, 0.3) is 0 Å². The van der Waals surface area contributed by atoms with Gasteiger partial charge in [0.15, 0.2) is 9.84 Å². The Morgan fingerprint density at radius 1 is 1.27 bits per heavy atom. The third-order valence-electron chi connectivity index (χ3n) is 2.73. The molecule has 0 saturated carbocycles. The maximum absolute atomic E-state index is 12.2. The van der Waals surface area contributed by atoms with Crippen LogP contribution in [0.2, 0.25) is 0 Å². The summed E-state index contributed by atoms with van der Waals surface area (Å²) >= 11 is 0. The minimum atomic E-state index is -4.24. The summed E-state index contributed by atoms with van der Waals surface area (Å²) in [5.41, 5.74) is 5.30. The van der Waals surface area contributed by atoms with Crippen molar-refractivity contribution in [1.82, 2.24) is 0 Å². The van der Waals surface area contributed by atoms with E-state index >= 15 is 0 Å². The minimum absolute atomic E-state index is 0.0000231. The van der Waals surface area contributed by atoms with Crippen molar-refractivity contribution < 1.29 is 21.6 Å². The van der Waals surface area contributed by atoms with E-state index in [-0.39, 0.29) is 24.5 Å². The molecule has 3 nitrogen and oxygen atoms in total. The van der Waals surface area contributed by atoms with Gasteiger partial charge < -0.3 is 5.73 Å². The van der Waals surface area contributed by atoms with Crippen molar-refractivity contribution in [3.63, 3.8) is 0 Å². The first-order chi connectivity index (χ1) is 6.73. The number of nitrogens with two attached hydrogens (primary N) is 1. The van der Waals surface area contributed by atoms with Crippen molar-refractivity contribution in [2.75, 3.05) is 18.1 Å².